The van der Waals surface area contributed by atoms with Crippen molar-refractivity contribution in [1.29, 1.82) is 0 Å². The van der Waals surface area contributed by atoms with Gasteiger partial charge in [-0.05, 0) is 19.1 Å². The summed E-state index contributed by atoms with van der Waals surface area (Å²) in [7, 11) is 0. The first kappa shape index (κ1) is 18.3. The minimum Gasteiger partial charge on any atom is -0.478 e. The van der Waals surface area contributed by atoms with Crippen molar-refractivity contribution in [3.63, 3.8) is 0 Å². The molecule has 144 valence electrons. The highest BCUT2D eigenvalue weighted by atomic mass is 16.4. The van der Waals surface area contributed by atoms with Gasteiger partial charge in [0.15, 0.2) is 0 Å². The van der Waals surface area contributed by atoms with E-state index in [9.17, 15) is 14.7 Å². The lowest BCUT2D eigenvalue weighted by Gasteiger charge is -2.16. The van der Waals surface area contributed by atoms with E-state index in [2.05, 4.69) is 20.4 Å². The molecular formula is C21H17N5O3. The minimum absolute atomic E-state index is 0.0636. The number of anilines is 2. The number of benzene rings is 1. The quantitative estimate of drug-likeness (QED) is 0.540. The Morgan fingerprint density at radius 1 is 1.14 bits per heavy atom. The number of aromatic nitrogens is 4. The predicted molar refractivity (Wildman–Crippen MR) is 109 cm³/mol. The summed E-state index contributed by atoms with van der Waals surface area (Å²) in [4.78, 5) is 33.5. The molecular weight excluding hydrogens is 370 g/mol. The zero-order valence-corrected chi connectivity index (χ0v) is 15.5. The molecule has 3 aromatic heterocycles. The average Bonchev–Trinajstić information content (AvgIpc) is 2.75. The lowest BCUT2D eigenvalue weighted by Crippen LogP contribution is -2.28. The number of rotatable bonds is 5. The standard InChI is InChI=1S/C21H17N5O3/c1-2-26-20(27)19(24-16-12-22-11-15-14(16)9-6-10-23-15)17(21(28)29)18(25-26)13-7-4-3-5-8-13/h3-12,24H,2H2,1H3,(H,28,29). The molecule has 1 aromatic carbocycles. The Morgan fingerprint density at radius 3 is 2.66 bits per heavy atom. The summed E-state index contributed by atoms with van der Waals surface area (Å²) in [6, 6.07) is 12.5. The van der Waals surface area contributed by atoms with E-state index >= 15 is 0 Å². The van der Waals surface area contributed by atoms with Gasteiger partial charge in [0.1, 0.15) is 16.9 Å². The van der Waals surface area contributed by atoms with Crippen molar-refractivity contribution in [3.05, 3.63) is 77.0 Å². The summed E-state index contributed by atoms with van der Waals surface area (Å²) >= 11 is 0. The number of nitrogens with zero attached hydrogens (tertiary/aromatic N) is 4. The molecule has 0 atom stereocenters. The van der Waals surface area contributed by atoms with Gasteiger partial charge in [0, 0.05) is 23.7 Å². The van der Waals surface area contributed by atoms with Gasteiger partial charge < -0.3 is 10.4 Å². The molecule has 0 amide bonds. The molecule has 0 radical (unpaired) electrons. The lowest BCUT2D eigenvalue weighted by molar-refractivity contribution is 0.0698. The van der Waals surface area contributed by atoms with Crippen molar-refractivity contribution in [2.75, 3.05) is 5.32 Å². The Bertz CT molecular complexity index is 1260. The number of carbonyl (C=O) groups is 1. The van der Waals surface area contributed by atoms with Crippen LogP contribution in [0.25, 0.3) is 22.2 Å². The second kappa shape index (κ2) is 7.51. The first-order valence-electron chi connectivity index (χ1n) is 8.99. The van der Waals surface area contributed by atoms with Crippen LogP contribution in [0.4, 0.5) is 11.4 Å². The highest BCUT2D eigenvalue weighted by molar-refractivity contribution is 6.02. The van der Waals surface area contributed by atoms with Gasteiger partial charge in [0.2, 0.25) is 0 Å². The molecule has 0 fully saturated rings. The summed E-state index contributed by atoms with van der Waals surface area (Å²) in [6.07, 6.45) is 4.78. The van der Waals surface area contributed by atoms with E-state index in [4.69, 9.17) is 0 Å². The fourth-order valence-electron chi connectivity index (χ4n) is 3.14. The molecule has 2 N–H and O–H groups in total. The molecule has 3 heterocycles. The van der Waals surface area contributed by atoms with Crippen LogP contribution < -0.4 is 10.9 Å². The molecule has 0 saturated heterocycles. The summed E-state index contributed by atoms with van der Waals surface area (Å²) < 4.78 is 1.24. The van der Waals surface area contributed by atoms with E-state index in [-0.39, 0.29) is 16.9 Å². The predicted octanol–water partition coefficient (Wildman–Crippen LogP) is 3.32. The SMILES string of the molecule is CCn1nc(-c2ccccc2)c(C(=O)O)c(Nc2cncc3ncccc23)c1=O. The summed E-state index contributed by atoms with van der Waals surface area (Å²) in [5.41, 5.74) is 1.16. The van der Waals surface area contributed by atoms with Gasteiger partial charge >= 0.3 is 5.97 Å². The van der Waals surface area contributed by atoms with Crippen LogP contribution >= 0.6 is 0 Å². The second-order valence-electron chi connectivity index (χ2n) is 6.27. The molecule has 4 rings (SSSR count). The summed E-state index contributed by atoms with van der Waals surface area (Å²) in [6.45, 7) is 2.07. The van der Waals surface area contributed by atoms with Crippen LogP contribution in [0.3, 0.4) is 0 Å². The molecule has 4 aromatic rings. The summed E-state index contributed by atoms with van der Waals surface area (Å²) in [5.74, 6) is -1.24. The number of aryl methyl sites for hydroxylation is 1. The van der Waals surface area contributed by atoms with E-state index in [1.54, 1.807) is 49.6 Å². The number of pyridine rings is 2. The molecule has 0 saturated carbocycles. The Hall–Kier alpha value is -4.07. The largest absolute Gasteiger partial charge is 0.478 e. The fourth-order valence-corrected chi connectivity index (χ4v) is 3.14. The monoisotopic (exact) mass is 387 g/mol. The van der Waals surface area contributed by atoms with Crippen LogP contribution in [-0.4, -0.2) is 30.8 Å². The van der Waals surface area contributed by atoms with Crippen molar-refractivity contribution in [2.45, 2.75) is 13.5 Å². The van der Waals surface area contributed by atoms with Crippen molar-refractivity contribution >= 4 is 28.2 Å². The molecule has 0 spiro atoms. The molecule has 0 bridgehead atoms. The first-order chi connectivity index (χ1) is 14.1. The number of nitrogens with one attached hydrogen (secondary N) is 1. The van der Waals surface area contributed by atoms with Crippen LogP contribution in [0, 0.1) is 0 Å². The smallest absolute Gasteiger partial charge is 0.340 e. The van der Waals surface area contributed by atoms with Crippen LogP contribution in [0.15, 0.2) is 65.8 Å². The third kappa shape index (κ3) is 3.31. The van der Waals surface area contributed by atoms with Gasteiger partial charge in [-0.3, -0.25) is 14.8 Å². The molecule has 0 aliphatic rings. The van der Waals surface area contributed by atoms with Crippen LogP contribution in [0.1, 0.15) is 17.3 Å². The normalized spacial score (nSPS) is 10.8. The van der Waals surface area contributed by atoms with Gasteiger partial charge in [-0.2, -0.15) is 5.10 Å². The molecule has 29 heavy (non-hydrogen) atoms. The van der Waals surface area contributed by atoms with E-state index in [1.807, 2.05) is 12.1 Å². The third-order valence-electron chi connectivity index (χ3n) is 4.51. The topological polar surface area (TPSA) is 110 Å². The highest BCUT2D eigenvalue weighted by Crippen LogP contribution is 2.29. The number of carboxylic acids is 1. The second-order valence-corrected chi connectivity index (χ2v) is 6.27. The van der Waals surface area contributed by atoms with Crippen molar-refractivity contribution in [3.8, 4) is 11.3 Å². The maximum absolute atomic E-state index is 13.0. The number of fused-ring (bicyclic) bond motifs is 1. The van der Waals surface area contributed by atoms with E-state index in [0.717, 1.165) is 5.39 Å². The van der Waals surface area contributed by atoms with Gasteiger partial charge in [-0.25, -0.2) is 9.48 Å². The molecule has 0 unspecified atom stereocenters. The molecule has 0 aliphatic carbocycles. The van der Waals surface area contributed by atoms with Crippen LogP contribution in [0.2, 0.25) is 0 Å². The Balaban J connectivity index is 1.99. The van der Waals surface area contributed by atoms with Crippen molar-refractivity contribution in [1.82, 2.24) is 19.7 Å². The first-order valence-corrected chi connectivity index (χ1v) is 8.99. The maximum Gasteiger partial charge on any atom is 0.340 e. The minimum atomic E-state index is -1.24. The molecule has 0 aliphatic heterocycles. The van der Waals surface area contributed by atoms with E-state index < -0.39 is 11.5 Å². The third-order valence-corrected chi connectivity index (χ3v) is 4.51. The molecule has 8 nitrogen and oxygen atoms in total. The Morgan fingerprint density at radius 2 is 1.93 bits per heavy atom. The zero-order valence-electron chi connectivity index (χ0n) is 15.5. The fraction of sp³-hybridized carbons (Fsp3) is 0.0952. The van der Waals surface area contributed by atoms with Gasteiger partial charge in [0.05, 0.1) is 23.6 Å². The van der Waals surface area contributed by atoms with E-state index in [0.29, 0.717) is 23.3 Å². The number of aromatic carboxylic acids is 1. The van der Waals surface area contributed by atoms with Crippen molar-refractivity contribution in [2.24, 2.45) is 0 Å². The number of carboxylic acid groups (broad SMARTS) is 1. The number of hydrogen-bond donors (Lipinski definition) is 2. The Labute approximate surface area is 165 Å². The lowest BCUT2D eigenvalue weighted by atomic mass is 10.0. The maximum atomic E-state index is 13.0. The Kier molecular flexibility index (Phi) is 4.74. The van der Waals surface area contributed by atoms with Crippen LogP contribution in [0.5, 0.6) is 0 Å². The zero-order chi connectivity index (χ0) is 20.4. The van der Waals surface area contributed by atoms with Gasteiger partial charge in [0.25, 0.3) is 5.56 Å². The van der Waals surface area contributed by atoms with Crippen LogP contribution in [-0.2, 0) is 6.54 Å². The van der Waals surface area contributed by atoms with Gasteiger partial charge in [-0.15, -0.1) is 0 Å². The molecule has 8 heteroatoms. The van der Waals surface area contributed by atoms with Crippen molar-refractivity contribution < 1.29 is 9.90 Å². The average molecular weight is 387 g/mol. The van der Waals surface area contributed by atoms with E-state index in [1.165, 1.54) is 10.9 Å². The van der Waals surface area contributed by atoms with Gasteiger partial charge in [-0.1, -0.05) is 30.3 Å². The highest BCUT2D eigenvalue weighted by Gasteiger charge is 2.24. The summed E-state index contributed by atoms with van der Waals surface area (Å²) in [5, 5.41) is 17.9. The number of hydrogen-bond acceptors (Lipinski definition) is 6.